The van der Waals surface area contributed by atoms with Crippen LogP contribution in [0.1, 0.15) is 32.5 Å². The van der Waals surface area contributed by atoms with Gasteiger partial charge in [0.15, 0.2) is 5.65 Å². The van der Waals surface area contributed by atoms with Crippen LogP contribution in [0.15, 0.2) is 6.20 Å². The first kappa shape index (κ1) is 24.4. The second-order valence-electron chi connectivity index (χ2n) is 7.07. The second kappa shape index (κ2) is 9.71. The largest absolute Gasteiger partial charge is 0.352 e. The van der Waals surface area contributed by atoms with Crippen molar-refractivity contribution in [3.8, 4) is 0 Å². The number of aromatic nitrogens is 4. The van der Waals surface area contributed by atoms with Gasteiger partial charge in [-0.15, -0.1) is 24.8 Å². The highest BCUT2D eigenvalue weighted by Crippen LogP contribution is 2.29. The van der Waals surface area contributed by atoms with E-state index in [2.05, 4.69) is 20.0 Å². The topological polar surface area (TPSA) is 93.2 Å². The van der Waals surface area contributed by atoms with E-state index in [1.165, 1.54) is 0 Å². The molecular weight excluding hydrogens is 401 g/mol. The molecule has 8 nitrogen and oxygen atoms in total. The van der Waals surface area contributed by atoms with Crippen molar-refractivity contribution in [2.45, 2.75) is 33.6 Å². The van der Waals surface area contributed by atoms with Gasteiger partial charge < -0.3 is 15.5 Å². The number of anilines is 1. The molecule has 0 unspecified atom stereocenters. The van der Waals surface area contributed by atoms with Gasteiger partial charge in [0.05, 0.1) is 17.0 Å². The summed E-state index contributed by atoms with van der Waals surface area (Å²) in [5.74, 6) is 1.83. The maximum atomic E-state index is 13.0. The van der Waals surface area contributed by atoms with E-state index in [0.29, 0.717) is 19.6 Å². The Bertz CT molecular complexity index is 790. The molecule has 0 aromatic carbocycles. The maximum Gasteiger partial charge on any atom is 0.230 e. The van der Waals surface area contributed by atoms with E-state index in [9.17, 15) is 4.79 Å². The summed E-state index contributed by atoms with van der Waals surface area (Å²) in [5, 5.41) is 5.27. The molecule has 0 radical (unpaired) electrons. The minimum atomic E-state index is -0.426. The first-order valence-electron chi connectivity index (χ1n) is 9.36. The third-order valence-electron chi connectivity index (χ3n) is 5.75. The number of nitrogens with two attached hydrogens (primary N) is 1. The quantitative estimate of drug-likeness (QED) is 0.776. The fourth-order valence-corrected chi connectivity index (χ4v) is 3.74. The number of carbonyl (C=O) groups excluding carboxylic acids is 1. The van der Waals surface area contributed by atoms with Gasteiger partial charge in [0.2, 0.25) is 5.91 Å². The summed E-state index contributed by atoms with van der Waals surface area (Å²) >= 11 is 0. The lowest BCUT2D eigenvalue weighted by Crippen LogP contribution is -2.55. The van der Waals surface area contributed by atoms with Gasteiger partial charge in [0, 0.05) is 39.8 Å². The van der Waals surface area contributed by atoms with Crippen LogP contribution in [-0.4, -0.2) is 63.3 Å². The monoisotopic (exact) mass is 431 g/mol. The van der Waals surface area contributed by atoms with Crippen LogP contribution in [0.4, 0.5) is 5.82 Å². The van der Waals surface area contributed by atoms with Crippen molar-refractivity contribution in [3.05, 3.63) is 12.0 Å². The number of carbonyl (C=O) groups is 1. The number of nitrogens with zero attached hydrogens (tertiary/aromatic N) is 6. The van der Waals surface area contributed by atoms with Crippen molar-refractivity contribution in [1.29, 1.82) is 0 Å². The van der Waals surface area contributed by atoms with Crippen molar-refractivity contribution in [2.75, 3.05) is 37.6 Å². The van der Waals surface area contributed by atoms with Gasteiger partial charge >= 0.3 is 0 Å². The predicted octanol–water partition coefficient (Wildman–Crippen LogP) is 1.93. The zero-order chi connectivity index (χ0) is 18.9. The summed E-state index contributed by atoms with van der Waals surface area (Å²) in [6, 6.07) is 0. The van der Waals surface area contributed by atoms with Crippen LogP contribution in [0.25, 0.3) is 11.0 Å². The Balaban J connectivity index is 0.00000196. The first-order valence-corrected chi connectivity index (χ1v) is 9.36. The van der Waals surface area contributed by atoms with E-state index >= 15 is 0 Å². The molecule has 0 saturated carbocycles. The van der Waals surface area contributed by atoms with Gasteiger partial charge in [0.25, 0.3) is 0 Å². The molecule has 1 amide bonds. The Kier molecular flexibility index (Phi) is 8.46. The number of piperazine rings is 1. The van der Waals surface area contributed by atoms with E-state index < -0.39 is 5.41 Å². The minimum absolute atomic E-state index is 0. The summed E-state index contributed by atoms with van der Waals surface area (Å²) in [4.78, 5) is 26.3. The molecule has 10 heteroatoms. The Hall–Kier alpha value is -1.64. The summed E-state index contributed by atoms with van der Waals surface area (Å²) < 4.78 is 1.77. The van der Waals surface area contributed by atoms with Gasteiger partial charge in [-0.2, -0.15) is 5.10 Å². The number of hydrogen-bond acceptors (Lipinski definition) is 6. The molecule has 1 aliphatic rings. The summed E-state index contributed by atoms with van der Waals surface area (Å²) in [6.07, 6.45) is 3.37. The molecule has 2 aromatic rings. The van der Waals surface area contributed by atoms with Crippen molar-refractivity contribution in [3.63, 3.8) is 0 Å². The van der Waals surface area contributed by atoms with Crippen LogP contribution in [0, 0.1) is 12.3 Å². The molecule has 1 fully saturated rings. The lowest BCUT2D eigenvalue weighted by Gasteiger charge is -2.40. The molecule has 2 N–H and O–H groups in total. The van der Waals surface area contributed by atoms with Gasteiger partial charge in [-0.05, 0) is 19.8 Å². The molecule has 158 valence electrons. The SMILES string of the molecule is CCC(CC)(CN)C(=O)N1CCN(c2nc(C)nc3c2cnn3C)CC1.Cl.Cl. The smallest absolute Gasteiger partial charge is 0.230 e. The molecule has 1 aliphatic heterocycles. The van der Waals surface area contributed by atoms with Crippen LogP contribution in [-0.2, 0) is 11.8 Å². The number of rotatable bonds is 5. The molecule has 3 heterocycles. The molecule has 0 spiro atoms. The highest BCUT2D eigenvalue weighted by molar-refractivity contribution is 5.87. The zero-order valence-corrected chi connectivity index (χ0v) is 18.6. The van der Waals surface area contributed by atoms with Gasteiger partial charge in [0.1, 0.15) is 11.6 Å². The molecule has 1 saturated heterocycles. The Morgan fingerprint density at radius 2 is 1.75 bits per heavy atom. The Morgan fingerprint density at radius 1 is 1.14 bits per heavy atom. The van der Waals surface area contributed by atoms with E-state index in [1.54, 1.807) is 4.68 Å². The summed E-state index contributed by atoms with van der Waals surface area (Å²) in [5.41, 5.74) is 6.36. The van der Waals surface area contributed by atoms with Crippen molar-refractivity contribution < 1.29 is 4.79 Å². The number of hydrogen-bond donors (Lipinski definition) is 1. The predicted molar refractivity (Wildman–Crippen MR) is 116 cm³/mol. The van der Waals surface area contributed by atoms with Gasteiger partial charge in [-0.3, -0.25) is 9.48 Å². The third kappa shape index (κ3) is 4.18. The lowest BCUT2D eigenvalue weighted by atomic mass is 9.81. The van der Waals surface area contributed by atoms with Crippen LogP contribution in [0.5, 0.6) is 0 Å². The van der Waals surface area contributed by atoms with E-state index in [0.717, 1.165) is 48.6 Å². The molecule has 2 aromatic heterocycles. The molecule has 3 rings (SSSR count). The summed E-state index contributed by atoms with van der Waals surface area (Å²) in [6.45, 7) is 9.27. The standard InChI is InChI=1S/C18H29N7O.2ClH/c1-5-18(6-2,12-19)17(26)25-9-7-24(8-10-25)16-14-11-20-23(4)15(14)21-13(3)22-16;;/h11H,5-10,12,19H2,1-4H3;2*1H. The molecule has 28 heavy (non-hydrogen) atoms. The third-order valence-corrected chi connectivity index (χ3v) is 5.75. The Labute approximate surface area is 178 Å². The Morgan fingerprint density at radius 3 is 2.29 bits per heavy atom. The lowest BCUT2D eigenvalue weighted by molar-refractivity contribution is -0.142. The fraction of sp³-hybridized carbons (Fsp3) is 0.667. The number of amides is 1. The highest BCUT2D eigenvalue weighted by Gasteiger charge is 2.38. The second-order valence-corrected chi connectivity index (χ2v) is 7.07. The molecular formula is C18H31Cl2N7O. The van der Waals surface area contributed by atoms with Crippen molar-refractivity contribution in [2.24, 2.45) is 18.2 Å². The average molecular weight is 432 g/mol. The highest BCUT2D eigenvalue weighted by atomic mass is 35.5. The van der Waals surface area contributed by atoms with Crippen LogP contribution < -0.4 is 10.6 Å². The maximum absolute atomic E-state index is 13.0. The van der Waals surface area contributed by atoms with Crippen molar-refractivity contribution in [1.82, 2.24) is 24.6 Å². The normalized spacial score (nSPS) is 14.6. The minimum Gasteiger partial charge on any atom is -0.352 e. The van der Waals surface area contributed by atoms with E-state index in [-0.39, 0.29) is 30.7 Å². The van der Waals surface area contributed by atoms with E-state index in [4.69, 9.17) is 5.73 Å². The fourth-order valence-electron chi connectivity index (χ4n) is 3.74. The van der Waals surface area contributed by atoms with Crippen LogP contribution >= 0.6 is 24.8 Å². The number of aryl methyl sites for hydroxylation is 2. The van der Waals surface area contributed by atoms with Crippen molar-refractivity contribution >= 4 is 47.6 Å². The van der Waals surface area contributed by atoms with Crippen LogP contribution in [0.3, 0.4) is 0 Å². The van der Waals surface area contributed by atoms with Gasteiger partial charge in [-0.25, -0.2) is 9.97 Å². The number of fused-ring (bicyclic) bond motifs is 1. The molecule has 0 bridgehead atoms. The van der Waals surface area contributed by atoms with E-state index in [1.807, 2.05) is 38.9 Å². The molecule has 0 aliphatic carbocycles. The molecule has 0 atom stereocenters. The average Bonchev–Trinajstić information content (AvgIpc) is 3.04. The summed E-state index contributed by atoms with van der Waals surface area (Å²) in [7, 11) is 1.89. The zero-order valence-electron chi connectivity index (χ0n) is 17.0. The van der Waals surface area contributed by atoms with Crippen LogP contribution in [0.2, 0.25) is 0 Å². The van der Waals surface area contributed by atoms with Gasteiger partial charge in [-0.1, -0.05) is 13.8 Å². The first-order chi connectivity index (χ1) is 12.5. The number of halogens is 2.